The Morgan fingerprint density at radius 1 is 1.04 bits per heavy atom. The van der Waals surface area contributed by atoms with E-state index in [0.29, 0.717) is 23.4 Å². The summed E-state index contributed by atoms with van der Waals surface area (Å²) in [5.41, 5.74) is 2.73. The van der Waals surface area contributed by atoms with Crippen LogP contribution >= 0.6 is 15.9 Å². The number of nitrogens with one attached hydrogen (secondary N) is 2. The zero-order valence-electron chi connectivity index (χ0n) is 16.1. The van der Waals surface area contributed by atoms with Crippen molar-refractivity contribution in [3.05, 3.63) is 58.1 Å². The molecule has 0 aliphatic carbocycles. The van der Waals surface area contributed by atoms with Gasteiger partial charge in [0.1, 0.15) is 0 Å². The number of halogens is 1. The molecule has 1 saturated heterocycles. The van der Waals surface area contributed by atoms with Crippen molar-refractivity contribution in [1.29, 1.82) is 0 Å². The molecule has 28 heavy (non-hydrogen) atoms. The first-order valence-electron chi connectivity index (χ1n) is 9.82. The molecule has 1 aliphatic rings. The van der Waals surface area contributed by atoms with Crippen LogP contribution in [0.3, 0.4) is 0 Å². The second-order valence-corrected chi connectivity index (χ2v) is 7.92. The highest BCUT2D eigenvalue weighted by molar-refractivity contribution is 9.10. The van der Waals surface area contributed by atoms with Gasteiger partial charge in [-0.15, -0.1) is 0 Å². The molecule has 5 nitrogen and oxygen atoms in total. The van der Waals surface area contributed by atoms with Crippen LogP contribution in [0.4, 0.5) is 11.4 Å². The van der Waals surface area contributed by atoms with Crippen LogP contribution in [0.1, 0.15) is 53.3 Å². The van der Waals surface area contributed by atoms with Gasteiger partial charge in [-0.3, -0.25) is 9.59 Å². The first kappa shape index (κ1) is 20.4. The SMILES string of the molecule is CCCNC(=O)c1cc(NC(=O)c2cccc(Br)c2)ccc1N1CCCCC1. The fourth-order valence-corrected chi connectivity index (χ4v) is 3.77. The summed E-state index contributed by atoms with van der Waals surface area (Å²) in [5.74, 6) is -0.298. The number of anilines is 2. The number of benzene rings is 2. The average Bonchev–Trinajstić information content (AvgIpc) is 2.72. The predicted molar refractivity (Wildman–Crippen MR) is 117 cm³/mol. The Kier molecular flexibility index (Phi) is 7.09. The number of hydrogen-bond acceptors (Lipinski definition) is 3. The van der Waals surface area contributed by atoms with E-state index in [1.165, 1.54) is 6.42 Å². The molecule has 2 amide bonds. The number of hydrogen-bond donors (Lipinski definition) is 2. The van der Waals surface area contributed by atoms with Crippen LogP contribution in [0.5, 0.6) is 0 Å². The Bertz CT molecular complexity index is 847. The van der Waals surface area contributed by atoms with Crippen LogP contribution in [-0.4, -0.2) is 31.4 Å². The molecule has 1 heterocycles. The Balaban J connectivity index is 1.85. The Hall–Kier alpha value is -2.34. The highest BCUT2D eigenvalue weighted by Crippen LogP contribution is 2.27. The van der Waals surface area contributed by atoms with Crippen LogP contribution in [-0.2, 0) is 0 Å². The molecule has 0 unspecified atom stereocenters. The van der Waals surface area contributed by atoms with Gasteiger partial charge in [-0.1, -0.05) is 28.9 Å². The Labute approximate surface area is 174 Å². The molecule has 2 aromatic rings. The summed E-state index contributed by atoms with van der Waals surface area (Å²) < 4.78 is 0.847. The lowest BCUT2D eigenvalue weighted by molar-refractivity contribution is 0.0952. The van der Waals surface area contributed by atoms with Gasteiger partial charge in [0.15, 0.2) is 0 Å². The fraction of sp³-hybridized carbons (Fsp3) is 0.364. The summed E-state index contributed by atoms with van der Waals surface area (Å²) in [6.45, 7) is 4.57. The van der Waals surface area contributed by atoms with Gasteiger partial charge < -0.3 is 15.5 Å². The summed E-state index contributed by atoms with van der Waals surface area (Å²) >= 11 is 3.39. The molecule has 3 rings (SSSR count). The average molecular weight is 444 g/mol. The lowest BCUT2D eigenvalue weighted by Gasteiger charge is -2.30. The van der Waals surface area contributed by atoms with E-state index in [4.69, 9.17) is 0 Å². The topological polar surface area (TPSA) is 61.4 Å². The maximum Gasteiger partial charge on any atom is 0.255 e. The van der Waals surface area contributed by atoms with Gasteiger partial charge in [0.25, 0.3) is 11.8 Å². The molecule has 6 heteroatoms. The summed E-state index contributed by atoms with van der Waals surface area (Å²) in [5, 5.41) is 5.87. The summed E-state index contributed by atoms with van der Waals surface area (Å²) in [6.07, 6.45) is 4.38. The second kappa shape index (κ2) is 9.73. The number of nitrogens with zero attached hydrogens (tertiary/aromatic N) is 1. The molecular weight excluding hydrogens is 418 g/mol. The molecule has 0 radical (unpaired) electrons. The van der Waals surface area contributed by atoms with Crippen molar-refractivity contribution in [2.75, 3.05) is 29.9 Å². The minimum absolute atomic E-state index is 0.0963. The molecule has 0 spiro atoms. The van der Waals surface area contributed by atoms with Crippen molar-refractivity contribution >= 4 is 39.1 Å². The van der Waals surface area contributed by atoms with Crippen molar-refractivity contribution in [3.63, 3.8) is 0 Å². The predicted octanol–water partition coefficient (Wildman–Crippen LogP) is 4.83. The number of amides is 2. The zero-order chi connectivity index (χ0) is 19.9. The minimum atomic E-state index is -0.202. The quantitative estimate of drug-likeness (QED) is 0.671. The molecule has 0 saturated carbocycles. The van der Waals surface area contributed by atoms with Crippen LogP contribution in [0.25, 0.3) is 0 Å². The van der Waals surface area contributed by atoms with Gasteiger partial charge in [0.05, 0.1) is 5.56 Å². The van der Waals surface area contributed by atoms with Gasteiger partial charge >= 0.3 is 0 Å². The number of rotatable bonds is 6. The van der Waals surface area contributed by atoms with Crippen LogP contribution in [0.15, 0.2) is 46.9 Å². The standard InChI is InChI=1S/C22H26BrN3O2/c1-2-11-24-22(28)19-15-18(9-10-20(19)26-12-4-3-5-13-26)25-21(27)16-7-6-8-17(23)14-16/h6-10,14-15H,2-5,11-13H2,1H3,(H,24,28)(H,25,27). The van der Waals surface area contributed by atoms with E-state index in [2.05, 4.69) is 31.5 Å². The van der Waals surface area contributed by atoms with Gasteiger partial charge in [-0.2, -0.15) is 0 Å². The smallest absolute Gasteiger partial charge is 0.255 e. The second-order valence-electron chi connectivity index (χ2n) is 7.00. The lowest BCUT2D eigenvalue weighted by Crippen LogP contribution is -2.33. The number of piperidine rings is 1. The van der Waals surface area contributed by atoms with Crippen molar-refractivity contribution in [2.24, 2.45) is 0 Å². The summed E-state index contributed by atoms with van der Waals surface area (Å²) in [6, 6.07) is 12.8. The third-order valence-electron chi connectivity index (χ3n) is 4.82. The largest absolute Gasteiger partial charge is 0.371 e. The molecule has 0 aromatic heterocycles. The van der Waals surface area contributed by atoms with Crippen LogP contribution < -0.4 is 15.5 Å². The van der Waals surface area contributed by atoms with E-state index in [1.54, 1.807) is 18.2 Å². The van der Waals surface area contributed by atoms with E-state index in [9.17, 15) is 9.59 Å². The normalized spacial score (nSPS) is 13.9. The highest BCUT2D eigenvalue weighted by atomic mass is 79.9. The van der Waals surface area contributed by atoms with E-state index < -0.39 is 0 Å². The summed E-state index contributed by atoms with van der Waals surface area (Å²) in [7, 11) is 0. The zero-order valence-corrected chi connectivity index (χ0v) is 17.7. The van der Waals surface area contributed by atoms with Gasteiger partial charge in [0, 0.05) is 41.0 Å². The molecule has 0 atom stereocenters. The molecule has 1 fully saturated rings. The first-order chi connectivity index (χ1) is 13.6. The molecule has 1 aliphatic heterocycles. The van der Waals surface area contributed by atoms with Crippen molar-refractivity contribution in [1.82, 2.24) is 5.32 Å². The van der Waals surface area contributed by atoms with Gasteiger partial charge in [-0.25, -0.2) is 0 Å². The maximum atomic E-state index is 12.8. The lowest BCUT2D eigenvalue weighted by atomic mass is 10.1. The molecule has 2 N–H and O–H groups in total. The van der Waals surface area contributed by atoms with Crippen molar-refractivity contribution < 1.29 is 9.59 Å². The fourth-order valence-electron chi connectivity index (χ4n) is 3.37. The molecular formula is C22H26BrN3O2. The van der Waals surface area contributed by atoms with Crippen molar-refractivity contribution in [2.45, 2.75) is 32.6 Å². The molecule has 0 bridgehead atoms. The van der Waals surface area contributed by atoms with Crippen LogP contribution in [0, 0.1) is 0 Å². The Morgan fingerprint density at radius 2 is 1.82 bits per heavy atom. The van der Waals surface area contributed by atoms with Gasteiger partial charge in [-0.05, 0) is 62.1 Å². The minimum Gasteiger partial charge on any atom is -0.371 e. The Morgan fingerprint density at radius 3 is 2.54 bits per heavy atom. The number of carbonyl (C=O) groups excluding carboxylic acids is 2. The van der Waals surface area contributed by atoms with Gasteiger partial charge in [0.2, 0.25) is 0 Å². The van der Waals surface area contributed by atoms with E-state index in [-0.39, 0.29) is 11.8 Å². The summed E-state index contributed by atoms with van der Waals surface area (Å²) in [4.78, 5) is 27.6. The maximum absolute atomic E-state index is 12.8. The monoisotopic (exact) mass is 443 g/mol. The van der Waals surface area contributed by atoms with E-state index in [1.807, 2.05) is 31.2 Å². The first-order valence-corrected chi connectivity index (χ1v) is 10.6. The number of carbonyl (C=O) groups is 2. The third kappa shape index (κ3) is 5.13. The van der Waals surface area contributed by atoms with Crippen molar-refractivity contribution in [3.8, 4) is 0 Å². The van der Waals surface area contributed by atoms with Crippen LogP contribution in [0.2, 0.25) is 0 Å². The van der Waals surface area contributed by atoms with E-state index in [0.717, 1.165) is 42.5 Å². The van der Waals surface area contributed by atoms with E-state index >= 15 is 0 Å². The molecule has 2 aromatic carbocycles. The third-order valence-corrected chi connectivity index (χ3v) is 5.31. The highest BCUT2D eigenvalue weighted by Gasteiger charge is 2.19. The molecule has 148 valence electrons.